The number of carbonyl (C=O) groups is 1. The number of hydrogen-bond acceptors (Lipinski definition) is 8. The van der Waals surface area contributed by atoms with Gasteiger partial charge in [-0.2, -0.15) is 4.31 Å². The molecule has 0 saturated heterocycles. The standard InChI is InChI=1S/C20H21N5O4S2/c1-5-11-25(12-6-2)31(27,28)16-9-7-15(8-10-16)18(26)22-20-24-23-19(29-20)17-13(3)21-14(4)30-17/h5-10H,1-2,11-12H2,3-4H3,(H,22,24,26). The highest BCUT2D eigenvalue weighted by Crippen LogP contribution is 2.29. The van der Waals surface area contributed by atoms with Gasteiger partial charge in [0.25, 0.3) is 11.8 Å². The lowest BCUT2D eigenvalue weighted by Gasteiger charge is -2.19. The van der Waals surface area contributed by atoms with Crippen LogP contribution in [0.2, 0.25) is 0 Å². The molecule has 9 nitrogen and oxygen atoms in total. The Labute approximate surface area is 184 Å². The average molecular weight is 460 g/mol. The molecule has 0 bridgehead atoms. The van der Waals surface area contributed by atoms with Crippen molar-refractivity contribution in [1.29, 1.82) is 0 Å². The second-order valence-electron chi connectivity index (χ2n) is 6.44. The summed E-state index contributed by atoms with van der Waals surface area (Å²) in [6, 6.07) is 5.50. The van der Waals surface area contributed by atoms with Crippen LogP contribution in [-0.4, -0.2) is 46.9 Å². The van der Waals surface area contributed by atoms with Crippen molar-refractivity contribution < 1.29 is 17.6 Å². The van der Waals surface area contributed by atoms with E-state index in [0.29, 0.717) is 0 Å². The molecule has 0 atom stereocenters. The Hall–Kier alpha value is -3.15. The number of benzene rings is 1. The summed E-state index contributed by atoms with van der Waals surface area (Å²) in [7, 11) is -3.74. The van der Waals surface area contributed by atoms with Gasteiger partial charge in [0.2, 0.25) is 10.0 Å². The average Bonchev–Trinajstić information content (AvgIpc) is 3.33. The van der Waals surface area contributed by atoms with Gasteiger partial charge in [0.1, 0.15) is 4.88 Å². The molecular weight excluding hydrogens is 438 g/mol. The summed E-state index contributed by atoms with van der Waals surface area (Å²) >= 11 is 1.42. The van der Waals surface area contributed by atoms with E-state index >= 15 is 0 Å². The number of aromatic nitrogens is 3. The molecule has 0 aliphatic carbocycles. The van der Waals surface area contributed by atoms with E-state index in [4.69, 9.17) is 4.42 Å². The minimum absolute atomic E-state index is 0.0591. The lowest BCUT2D eigenvalue weighted by Crippen LogP contribution is -2.31. The maximum atomic E-state index is 12.7. The number of thiazole rings is 1. The van der Waals surface area contributed by atoms with E-state index in [1.165, 1.54) is 52.1 Å². The van der Waals surface area contributed by atoms with Gasteiger partial charge in [0.15, 0.2) is 0 Å². The summed E-state index contributed by atoms with van der Waals surface area (Å²) in [4.78, 5) is 17.6. The van der Waals surface area contributed by atoms with Crippen molar-refractivity contribution in [3.05, 3.63) is 65.8 Å². The third kappa shape index (κ3) is 4.95. The van der Waals surface area contributed by atoms with Crippen molar-refractivity contribution in [2.24, 2.45) is 0 Å². The van der Waals surface area contributed by atoms with Crippen LogP contribution >= 0.6 is 11.3 Å². The van der Waals surface area contributed by atoms with E-state index in [1.54, 1.807) is 0 Å². The molecule has 0 spiro atoms. The highest BCUT2D eigenvalue weighted by atomic mass is 32.2. The van der Waals surface area contributed by atoms with E-state index in [0.717, 1.165) is 15.6 Å². The Balaban J connectivity index is 1.74. The topological polar surface area (TPSA) is 118 Å². The summed E-state index contributed by atoms with van der Waals surface area (Å²) in [5.41, 5.74) is 1.00. The fourth-order valence-corrected chi connectivity index (χ4v) is 4.97. The quantitative estimate of drug-likeness (QED) is 0.487. The van der Waals surface area contributed by atoms with Gasteiger partial charge < -0.3 is 4.42 Å². The molecule has 0 unspecified atom stereocenters. The van der Waals surface area contributed by atoms with Crippen LogP contribution in [0.15, 0.2) is 58.9 Å². The molecule has 0 aliphatic rings. The number of nitrogens with zero attached hydrogens (tertiary/aromatic N) is 4. The summed E-state index contributed by atoms with van der Waals surface area (Å²) < 4.78 is 32.2. The van der Waals surface area contributed by atoms with Crippen molar-refractivity contribution in [1.82, 2.24) is 19.5 Å². The van der Waals surface area contributed by atoms with Gasteiger partial charge in [-0.1, -0.05) is 17.3 Å². The largest absolute Gasteiger partial charge is 0.402 e. The molecule has 1 aromatic carbocycles. The highest BCUT2D eigenvalue weighted by Gasteiger charge is 2.23. The zero-order chi connectivity index (χ0) is 22.6. The molecule has 3 rings (SSSR count). The van der Waals surface area contributed by atoms with Gasteiger partial charge in [-0.3, -0.25) is 10.1 Å². The molecule has 1 N–H and O–H groups in total. The van der Waals surface area contributed by atoms with E-state index in [-0.39, 0.29) is 35.5 Å². The summed E-state index contributed by atoms with van der Waals surface area (Å²) in [5.74, 6) is -0.241. The van der Waals surface area contributed by atoms with Gasteiger partial charge in [0, 0.05) is 18.7 Å². The number of rotatable bonds is 9. The maximum Gasteiger partial charge on any atom is 0.322 e. The highest BCUT2D eigenvalue weighted by molar-refractivity contribution is 7.89. The van der Waals surface area contributed by atoms with E-state index in [9.17, 15) is 13.2 Å². The SMILES string of the molecule is C=CCN(CC=C)S(=O)(=O)c1ccc(C(=O)Nc2nnc(-c3sc(C)nc3C)o2)cc1. The second kappa shape index (κ2) is 9.33. The second-order valence-corrected chi connectivity index (χ2v) is 9.58. The molecule has 1 amide bonds. The summed E-state index contributed by atoms with van der Waals surface area (Å²) in [5, 5.41) is 11.2. The van der Waals surface area contributed by atoms with Gasteiger partial charge in [0.05, 0.1) is 15.6 Å². The molecule has 11 heteroatoms. The number of carbonyl (C=O) groups excluding carboxylic acids is 1. The Morgan fingerprint density at radius 2 is 1.81 bits per heavy atom. The number of sulfonamides is 1. The fraction of sp³-hybridized carbons (Fsp3) is 0.200. The molecule has 2 aromatic heterocycles. The van der Waals surface area contributed by atoms with Crippen LogP contribution in [-0.2, 0) is 10.0 Å². The van der Waals surface area contributed by atoms with E-state index < -0.39 is 15.9 Å². The van der Waals surface area contributed by atoms with Gasteiger partial charge >= 0.3 is 6.01 Å². The number of aryl methyl sites for hydroxylation is 2. The first kappa shape index (κ1) is 22.5. The number of hydrogen-bond donors (Lipinski definition) is 1. The normalized spacial score (nSPS) is 11.5. The van der Waals surface area contributed by atoms with Crippen LogP contribution in [0.4, 0.5) is 6.01 Å². The van der Waals surface area contributed by atoms with Crippen LogP contribution in [0.3, 0.4) is 0 Å². The molecule has 0 aliphatic heterocycles. The molecule has 0 saturated carbocycles. The Kier molecular flexibility index (Phi) is 6.78. The fourth-order valence-electron chi connectivity index (χ4n) is 2.75. The first-order valence-electron chi connectivity index (χ1n) is 9.17. The van der Waals surface area contributed by atoms with Crippen molar-refractivity contribution in [2.45, 2.75) is 18.7 Å². The van der Waals surface area contributed by atoms with Crippen LogP contribution in [0.25, 0.3) is 10.8 Å². The summed E-state index contributed by atoms with van der Waals surface area (Å²) in [6.07, 6.45) is 2.99. The van der Waals surface area contributed by atoms with E-state index in [1.807, 2.05) is 13.8 Å². The number of amides is 1. The number of nitrogens with one attached hydrogen (secondary N) is 1. The van der Waals surface area contributed by atoms with Crippen LogP contribution < -0.4 is 5.32 Å². The Bertz CT molecular complexity index is 1200. The Morgan fingerprint density at radius 3 is 2.35 bits per heavy atom. The van der Waals surface area contributed by atoms with Crippen LogP contribution in [0, 0.1) is 13.8 Å². The smallest absolute Gasteiger partial charge is 0.322 e. The number of anilines is 1. The summed E-state index contributed by atoms with van der Waals surface area (Å²) in [6.45, 7) is 11.2. The zero-order valence-corrected chi connectivity index (χ0v) is 18.7. The third-order valence-corrected chi connectivity index (χ3v) is 7.07. The minimum Gasteiger partial charge on any atom is -0.402 e. The molecule has 2 heterocycles. The van der Waals surface area contributed by atoms with Gasteiger partial charge in [-0.25, -0.2) is 13.4 Å². The molecular formula is C20H21N5O4S2. The van der Waals surface area contributed by atoms with Crippen LogP contribution in [0.1, 0.15) is 21.1 Å². The van der Waals surface area contributed by atoms with Crippen molar-refractivity contribution >= 4 is 33.3 Å². The Morgan fingerprint density at radius 1 is 1.16 bits per heavy atom. The monoisotopic (exact) mass is 459 g/mol. The predicted molar refractivity (Wildman–Crippen MR) is 118 cm³/mol. The maximum absolute atomic E-state index is 12.7. The minimum atomic E-state index is -3.74. The predicted octanol–water partition coefficient (Wildman–Crippen LogP) is 3.42. The lowest BCUT2D eigenvalue weighted by atomic mass is 10.2. The van der Waals surface area contributed by atoms with Crippen molar-refractivity contribution in [3.8, 4) is 10.8 Å². The molecule has 0 radical (unpaired) electrons. The lowest BCUT2D eigenvalue weighted by molar-refractivity contribution is 0.102. The molecule has 162 valence electrons. The third-order valence-electron chi connectivity index (χ3n) is 4.16. The first-order valence-corrected chi connectivity index (χ1v) is 11.4. The van der Waals surface area contributed by atoms with Gasteiger partial charge in [-0.05, 0) is 38.1 Å². The zero-order valence-electron chi connectivity index (χ0n) is 17.0. The molecule has 3 aromatic rings. The first-order chi connectivity index (χ1) is 14.8. The van der Waals surface area contributed by atoms with E-state index in [2.05, 4.69) is 33.7 Å². The van der Waals surface area contributed by atoms with Gasteiger partial charge in [-0.15, -0.1) is 29.6 Å². The molecule has 31 heavy (non-hydrogen) atoms. The molecule has 0 fully saturated rings. The van der Waals surface area contributed by atoms with Crippen molar-refractivity contribution in [2.75, 3.05) is 18.4 Å². The van der Waals surface area contributed by atoms with Crippen molar-refractivity contribution in [3.63, 3.8) is 0 Å². The van der Waals surface area contributed by atoms with Crippen LogP contribution in [0.5, 0.6) is 0 Å².